The van der Waals surface area contributed by atoms with Crippen molar-refractivity contribution in [2.75, 3.05) is 0 Å². The van der Waals surface area contributed by atoms with Gasteiger partial charge < -0.3 is 4.74 Å². The minimum absolute atomic E-state index is 0. The molecule has 0 rings (SSSR count). The Labute approximate surface area is 95.9 Å². The predicted molar refractivity (Wildman–Crippen MR) is 48.1 cm³/mol. The maximum absolute atomic E-state index is 10.8. The van der Waals surface area contributed by atoms with Crippen LogP contribution in [0.25, 0.3) is 0 Å². The maximum Gasteiger partial charge on any atom is 0.178 e. The first-order chi connectivity index (χ1) is 5.57. The molecule has 0 amide bonds. The molecule has 0 aromatic rings. The van der Waals surface area contributed by atoms with Gasteiger partial charge in [-0.2, -0.15) is 0 Å². The topological polar surface area (TPSA) is 55.7 Å². The van der Waals surface area contributed by atoms with Crippen LogP contribution in [0.1, 0.15) is 20.8 Å². The number of ether oxygens (including phenoxy) is 1. The average Bonchev–Trinajstić information content (AvgIpc) is 2.00. The van der Waals surface area contributed by atoms with Crippen molar-refractivity contribution in [1.82, 2.24) is 0 Å². The molecule has 0 fully saturated rings. The second kappa shape index (κ2) is 10.0. The van der Waals surface area contributed by atoms with Crippen LogP contribution in [0.15, 0.2) is 4.58 Å². The molecular formula is C7H12NO3ReRfS-. The third kappa shape index (κ3) is 9.04. The zero-order valence-electron chi connectivity index (χ0n) is 8.40. The second-order valence-corrected chi connectivity index (χ2v) is 3.28. The standard InChI is InChI=1S/C7H12NO3S.Re.Rf/c1-5(2)6(3)11-7(9)4-12-8-10;;/h4-6H,1-3H3;;/q-1;;. The third-order valence-electron chi connectivity index (χ3n) is 1.43. The van der Waals surface area contributed by atoms with E-state index in [1.54, 1.807) is 6.92 Å². The molecule has 0 aromatic carbocycles. The Morgan fingerprint density at radius 3 is 2.29 bits per heavy atom. The SMILES string of the molecule is CC(C)C(C)OC(=O)[CH-]SN=O.[Re].[Rf]. The summed E-state index contributed by atoms with van der Waals surface area (Å²) in [5.74, 6) is 0.809. The van der Waals surface area contributed by atoms with Crippen LogP contribution in [0, 0.1) is 16.6 Å². The molecule has 0 saturated carbocycles. The van der Waals surface area contributed by atoms with E-state index in [4.69, 9.17) is 4.74 Å². The fraction of sp³-hybridized carbons (Fsp3) is 0.714. The van der Waals surface area contributed by atoms with Crippen LogP contribution in [0.4, 0.5) is 0 Å². The zero-order chi connectivity index (χ0) is 9.56. The summed E-state index contributed by atoms with van der Waals surface area (Å²) < 4.78 is 7.34. The molecule has 0 spiro atoms. The van der Waals surface area contributed by atoms with Gasteiger partial charge in [0.15, 0.2) is 5.97 Å². The number of carbonyl (C=O) groups excluding carboxylic acids is 1. The Hall–Kier alpha value is -1.05. The van der Waals surface area contributed by atoms with E-state index in [0.29, 0.717) is 11.9 Å². The second-order valence-electron chi connectivity index (χ2n) is 2.68. The normalized spacial score (nSPS) is 10.6. The Morgan fingerprint density at radius 2 is 1.93 bits per heavy atom. The summed E-state index contributed by atoms with van der Waals surface area (Å²) >= 11 is 0.540. The molecule has 1 radical (unpaired) electrons. The Kier molecular flexibility index (Phi) is 13.4. The molecule has 0 bridgehead atoms. The van der Waals surface area contributed by atoms with Crippen molar-refractivity contribution in [3.05, 3.63) is 10.7 Å². The largest absolute Gasteiger partial charge is 0.484 e. The molecule has 7 heteroatoms. The van der Waals surface area contributed by atoms with Crippen molar-refractivity contribution < 1.29 is 30.0 Å². The van der Waals surface area contributed by atoms with E-state index in [0.717, 1.165) is 5.75 Å². The average molecular weight is 643 g/mol. The van der Waals surface area contributed by atoms with E-state index in [1.807, 2.05) is 13.8 Å². The van der Waals surface area contributed by atoms with Gasteiger partial charge in [-0.25, -0.2) is 5.75 Å². The molecule has 0 aliphatic rings. The van der Waals surface area contributed by atoms with Gasteiger partial charge in [0.25, 0.3) is 0 Å². The van der Waals surface area contributed by atoms with Gasteiger partial charge in [0.1, 0.15) is 0 Å². The van der Waals surface area contributed by atoms with Crippen LogP contribution in [0.5, 0.6) is 0 Å². The number of carbonyl (C=O) groups is 1. The fourth-order valence-corrected chi connectivity index (χ4v) is 0.596. The summed E-state index contributed by atoms with van der Waals surface area (Å²) in [6.07, 6.45) is -0.138. The van der Waals surface area contributed by atoms with Crippen molar-refractivity contribution >= 4 is 17.9 Å². The van der Waals surface area contributed by atoms with Gasteiger partial charge in [-0.05, 0) is 17.4 Å². The molecule has 14 heavy (non-hydrogen) atoms. The summed E-state index contributed by atoms with van der Waals surface area (Å²) in [4.78, 5) is 20.4. The number of esters is 1. The van der Waals surface area contributed by atoms with Crippen LogP contribution >= 0.6 is 11.9 Å². The van der Waals surface area contributed by atoms with Gasteiger partial charge in [-0.15, -0.1) is 16.9 Å². The van der Waals surface area contributed by atoms with Crippen LogP contribution in [-0.2, 0) is 30.0 Å². The molecule has 1 atom stereocenters. The molecule has 4 nitrogen and oxygen atoms in total. The van der Waals surface area contributed by atoms with E-state index in [1.165, 1.54) is 0 Å². The monoisotopic (exact) mass is 644 g/mol. The maximum atomic E-state index is 10.8. The van der Waals surface area contributed by atoms with Gasteiger partial charge in [-0.1, -0.05) is 13.8 Å². The first kappa shape index (κ1) is 18.7. The van der Waals surface area contributed by atoms with Gasteiger partial charge >= 0.3 is 0 Å². The zero-order valence-corrected chi connectivity index (χ0v) is 18.3. The van der Waals surface area contributed by atoms with Gasteiger partial charge in [0, 0.05) is 20.4 Å². The van der Waals surface area contributed by atoms with Crippen LogP contribution in [0.3, 0.4) is 0 Å². The van der Waals surface area contributed by atoms with Crippen LogP contribution < -0.4 is 0 Å². The summed E-state index contributed by atoms with van der Waals surface area (Å²) in [6, 6.07) is 0. The molecular weight excluding hydrogens is 631 g/mol. The Balaban J connectivity index is -0.000000605. The van der Waals surface area contributed by atoms with Gasteiger partial charge in [-0.3, -0.25) is 4.79 Å². The molecule has 0 aliphatic heterocycles. The minimum Gasteiger partial charge on any atom is -0.484 e. The number of rotatable bonds is 5. The molecule has 1 unspecified atom stereocenters. The summed E-state index contributed by atoms with van der Waals surface area (Å²) in [6.45, 7) is 5.70. The van der Waals surface area contributed by atoms with Gasteiger partial charge in [0.2, 0.25) is 0 Å². The number of nitrogens with zero attached hydrogens (tertiary/aromatic N) is 1. The minimum atomic E-state index is -0.513. The Morgan fingerprint density at radius 1 is 1.43 bits per heavy atom. The summed E-state index contributed by atoms with van der Waals surface area (Å²) in [5.41, 5.74) is 0. The molecule has 0 aliphatic carbocycles. The molecule has 0 saturated heterocycles. The number of hydrogen-bond acceptors (Lipinski definition) is 5. The van der Waals surface area contributed by atoms with E-state index in [9.17, 15) is 9.70 Å². The van der Waals surface area contributed by atoms with Gasteiger partial charge in [0.05, 0.1) is 6.10 Å². The molecule has 79 valence electrons. The van der Waals surface area contributed by atoms with E-state index < -0.39 is 5.97 Å². The van der Waals surface area contributed by atoms with E-state index >= 15 is 0 Å². The van der Waals surface area contributed by atoms with Crippen molar-refractivity contribution in [2.24, 2.45) is 10.5 Å². The molecule has 0 N–H and O–H groups in total. The quantitative estimate of drug-likeness (QED) is 0.200. The summed E-state index contributed by atoms with van der Waals surface area (Å²) in [5, 5.41) is 0. The van der Waals surface area contributed by atoms with Crippen molar-refractivity contribution in [3.8, 4) is 0 Å². The van der Waals surface area contributed by atoms with Crippen LogP contribution in [-0.4, -0.2) is 12.1 Å². The predicted octanol–water partition coefficient (Wildman–Crippen LogP) is 2.15. The van der Waals surface area contributed by atoms with Crippen LogP contribution in [0.2, 0.25) is 0 Å². The van der Waals surface area contributed by atoms with E-state index in [-0.39, 0.29) is 32.4 Å². The van der Waals surface area contributed by atoms with Crippen molar-refractivity contribution in [2.45, 2.75) is 26.9 Å². The fourth-order valence-electron chi connectivity index (χ4n) is 0.412. The molecule has 0 heterocycles. The smallest absolute Gasteiger partial charge is 0.178 e. The summed E-state index contributed by atoms with van der Waals surface area (Å²) in [7, 11) is 0. The first-order valence-electron chi connectivity index (χ1n) is 3.60. The van der Waals surface area contributed by atoms with E-state index in [2.05, 4.69) is 4.58 Å². The Bertz CT molecular complexity index is 171. The van der Waals surface area contributed by atoms with Crippen molar-refractivity contribution in [3.63, 3.8) is 0 Å². The van der Waals surface area contributed by atoms with Crippen molar-refractivity contribution in [1.29, 1.82) is 0 Å². The third-order valence-corrected chi connectivity index (χ3v) is 1.82. The number of nitroso groups, excluding NO2 is 1. The number of hydrogen-bond donors (Lipinski definition) is 0. The first-order valence-corrected chi connectivity index (χ1v) is 4.44. The molecule has 0 aromatic heterocycles.